The van der Waals surface area contributed by atoms with Gasteiger partial charge >= 0.3 is 0 Å². The summed E-state index contributed by atoms with van der Waals surface area (Å²) in [7, 11) is 0. The van der Waals surface area contributed by atoms with Gasteiger partial charge in [-0.3, -0.25) is 14.6 Å². The second-order valence-corrected chi connectivity index (χ2v) is 10.1. The number of carbonyl (C=O) groups is 2. The zero-order chi connectivity index (χ0) is 27.6. The minimum Gasteiger partial charge on any atom is -0.507 e. The second-order valence-electron chi connectivity index (χ2n) is 10.1. The van der Waals surface area contributed by atoms with E-state index in [1.54, 1.807) is 36.7 Å². The van der Waals surface area contributed by atoms with Crippen LogP contribution in [-0.4, -0.2) is 32.8 Å². The third-order valence-corrected chi connectivity index (χ3v) is 7.26. The number of ether oxygens (including phenoxy) is 2. The Morgan fingerprint density at radius 3 is 2.48 bits per heavy atom. The number of pyridine rings is 1. The SMILES string of the molecule is CC1Cc2cc(C(O)=C3C(=O)C(=O)N(Cc4ccncc4)C3c3ccc(OCc4ccccc4)cc3)ccc2O1. The summed E-state index contributed by atoms with van der Waals surface area (Å²) in [5, 5.41) is 11.5. The highest BCUT2D eigenvalue weighted by Crippen LogP contribution is 2.41. The lowest BCUT2D eigenvalue weighted by Gasteiger charge is -2.25. The molecule has 6 rings (SSSR count). The molecule has 3 aromatic carbocycles. The van der Waals surface area contributed by atoms with Crippen molar-refractivity contribution in [2.24, 2.45) is 0 Å². The van der Waals surface area contributed by atoms with E-state index in [9.17, 15) is 14.7 Å². The molecule has 1 amide bonds. The van der Waals surface area contributed by atoms with Gasteiger partial charge in [-0.2, -0.15) is 0 Å². The van der Waals surface area contributed by atoms with Crippen molar-refractivity contribution in [3.63, 3.8) is 0 Å². The predicted molar refractivity (Wildman–Crippen MR) is 150 cm³/mol. The van der Waals surface area contributed by atoms with E-state index >= 15 is 0 Å². The summed E-state index contributed by atoms with van der Waals surface area (Å²) in [5.41, 5.74) is 4.06. The normalized spacial score (nSPS) is 19.4. The molecule has 2 unspecified atom stereocenters. The van der Waals surface area contributed by atoms with E-state index in [-0.39, 0.29) is 24.0 Å². The highest BCUT2D eigenvalue weighted by Gasteiger charge is 2.46. The van der Waals surface area contributed by atoms with Gasteiger partial charge < -0.3 is 19.5 Å². The summed E-state index contributed by atoms with van der Waals surface area (Å²) in [6, 6.07) is 25.4. The van der Waals surface area contributed by atoms with Crippen LogP contribution in [0.4, 0.5) is 0 Å². The molecule has 2 atom stereocenters. The van der Waals surface area contributed by atoms with Crippen LogP contribution in [0.15, 0.2) is 103 Å². The van der Waals surface area contributed by atoms with Gasteiger partial charge in [0.1, 0.15) is 30.0 Å². The molecule has 0 aliphatic carbocycles. The zero-order valence-corrected chi connectivity index (χ0v) is 22.0. The largest absolute Gasteiger partial charge is 0.507 e. The summed E-state index contributed by atoms with van der Waals surface area (Å²) in [6.45, 7) is 2.59. The Bertz CT molecular complexity index is 1580. The Kier molecular flexibility index (Phi) is 6.78. The maximum Gasteiger partial charge on any atom is 0.295 e. The van der Waals surface area contributed by atoms with E-state index in [1.807, 2.05) is 67.6 Å². The van der Waals surface area contributed by atoms with Crippen molar-refractivity contribution in [1.82, 2.24) is 9.88 Å². The number of aromatic nitrogens is 1. The fourth-order valence-corrected chi connectivity index (χ4v) is 5.29. The molecule has 1 N–H and O–H groups in total. The third-order valence-electron chi connectivity index (χ3n) is 7.26. The monoisotopic (exact) mass is 532 g/mol. The Balaban J connectivity index is 1.37. The minimum absolute atomic E-state index is 0.0426. The molecule has 40 heavy (non-hydrogen) atoms. The van der Waals surface area contributed by atoms with Crippen molar-refractivity contribution in [1.29, 1.82) is 0 Å². The highest BCUT2D eigenvalue weighted by molar-refractivity contribution is 6.46. The zero-order valence-electron chi connectivity index (χ0n) is 22.0. The van der Waals surface area contributed by atoms with Gasteiger partial charge in [-0.15, -0.1) is 0 Å². The number of fused-ring (bicyclic) bond motifs is 1. The van der Waals surface area contributed by atoms with Gasteiger partial charge in [0.25, 0.3) is 11.7 Å². The first-order valence-electron chi connectivity index (χ1n) is 13.2. The molecule has 0 bridgehead atoms. The van der Waals surface area contributed by atoms with E-state index < -0.39 is 17.7 Å². The summed E-state index contributed by atoms with van der Waals surface area (Å²) >= 11 is 0. The average Bonchev–Trinajstić information content (AvgIpc) is 3.48. The van der Waals surface area contributed by atoms with Gasteiger partial charge in [0.2, 0.25) is 0 Å². The smallest absolute Gasteiger partial charge is 0.295 e. The molecule has 7 nitrogen and oxygen atoms in total. The molecule has 1 saturated heterocycles. The molecule has 200 valence electrons. The number of carbonyl (C=O) groups excluding carboxylic acids is 2. The van der Waals surface area contributed by atoms with Crippen LogP contribution < -0.4 is 9.47 Å². The first-order chi connectivity index (χ1) is 19.5. The Hall–Kier alpha value is -4.91. The highest BCUT2D eigenvalue weighted by atomic mass is 16.5. The number of amides is 1. The standard InChI is InChI=1S/C33H28N2O5/c1-21-17-26-18-25(9-12-28(26)40-21)31(36)29-30(35(33(38)32(29)37)19-22-13-15-34-16-14-22)24-7-10-27(11-8-24)39-20-23-5-3-2-4-6-23/h2-16,18,21,30,36H,17,19-20H2,1H3. The molecule has 0 spiro atoms. The van der Waals surface area contributed by atoms with E-state index in [4.69, 9.17) is 9.47 Å². The lowest BCUT2D eigenvalue weighted by atomic mass is 9.94. The molecular weight excluding hydrogens is 504 g/mol. The summed E-state index contributed by atoms with van der Waals surface area (Å²) < 4.78 is 11.7. The summed E-state index contributed by atoms with van der Waals surface area (Å²) in [6.07, 6.45) is 4.04. The molecule has 1 aromatic heterocycles. The summed E-state index contributed by atoms with van der Waals surface area (Å²) in [4.78, 5) is 32.4. The van der Waals surface area contributed by atoms with Crippen LogP contribution in [0.25, 0.3) is 5.76 Å². The number of Topliss-reactive ketones (excluding diaryl/α,β-unsaturated/α-hetero) is 1. The van der Waals surface area contributed by atoms with E-state index in [0.29, 0.717) is 29.9 Å². The number of benzene rings is 3. The number of nitrogens with zero attached hydrogens (tertiary/aromatic N) is 2. The van der Waals surface area contributed by atoms with Crippen LogP contribution >= 0.6 is 0 Å². The van der Waals surface area contributed by atoms with Crippen LogP contribution in [0.5, 0.6) is 11.5 Å². The van der Waals surface area contributed by atoms with Crippen molar-refractivity contribution < 1.29 is 24.2 Å². The van der Waals surface area contributed by atoms with Crippen molar-refractivity contribution in [2.45, 2.75) is 38.6 Å². The van der Waals surface area contributed by atoms with Crippen LogP contribution in [0.3, 0.4) is 0 Å². The van der Waals surface area contributed by atoms with Gasteiger partial charge in [0.05, 0.1) is 11.6 Å². The van der Waals surface area contributed by atoms with Gasteiger partial charge in [-0.05, 0) is 71.6 Å². The molecule has 0 saturated carbocycles. The number of rotatable bonds is 7. The van der Waals surface area contributed by atoms with Crippen molar-refractivity contribution in [3.8, 4) is 11.5 Å². The van der Waals surface area contributed by atoms with Gasteiger partial charge in [-0.1, -0.05) is 42.5 Å². The minimum atomic E-state index is -0.778. The fourth-order valence-electron chi connectivity index (χ4n) is 5.29. The second kappa shape index (κ2) is 10.7. The van der Waals surface area contributed by atoms with Gasteiger partial charge in [-0.25, -0.2) is 0 Å². The number of likely N-dealkylation sites (tertiary alicyclic amines) is 1. The molecule has 4 aromatic rings. The van der Waals surface area contributed by atoms with E-state index in [0.717, 1.165) is 22.4 Å². The van der Waals surface area contributed by atoms with Crippen LogP contribution in [-0.2, 0) is 29.2 Å². The number of hydrogen-bond acceptors (Lipinski definition) is 6. The molecule has 2 aliphatic heterocycles. The first kappa shape index (κ1) is 25.4. The van der Waals surface area contributed by atoms with Crippen molar-refractivity contribution >= 4 is 17.4 Å². The molecule has 3 heterocycles. The average molecular weight is 533 g/mol. The number of aliphatic hydroxyl groups is 1. The maximum atomic E-state index is 13.4. The van der Waals surface area contributed by atoms with Gasteiger partial charge in [0.15, 0.2) is 0 Å². The molecule has 1 fully saturated rings. The molecule has 0 radical (unpaired) electrons. The van der Waals surface area contributed by atoms with E-state index in [1.165, 1.54) is 4.90 Å². The van der Waals surface area contributed by atoms with Crippen molar-refractivity contribution in [3.05, 3.63) is 131 Å². The Morgan fingerprint density at radius 1 is 0.975 bits per heavy atom. The summed E-state index contributed by atoms with van der Waals surface area (Å²) in [5.74, 6) is -0.152. The number of hydrogen-bond donors (Lipinski definition) is 1. The van der Waals surface area contributed by atoms with Crippen LogP contribution in [0.1, 0.15) is 40.8 Å². The fraction of sp³-hybridized carbons (Fsp3) is 0.182. The number of aliphatic hydroxyl groups excluding tert-OH is 1. The molecular formula is C33H28N2O5. The Morgan fingerprint density at radius 2 is 1.73 bits per heavy atom. The van der Waals surface area contributed by atoms with Crippen LogP contribution in [0, 0.1) is 0 Å². The number of ketones is 1. The van der Waals surface area contributed by atoms with Crippen LogP contribution in [0.2, 0.25) is 0 Å². The first-order valence-corrected chi connectivity index (χ1v) is 13.2. The van der Waals surface area contributed by atoms with Gasteiger partial charge in [0, 0.05) is 30.9 Å². The topological polar surface area (TPSA) is 89.0 Å². The Labute approximate surface area is 232 Å². The van der Waals surface area contributed by atoms with Crippen molar-refractivity contribution in [2.75, 3.05) is 0 Å². The molecule has 7 heteroatoms. The predicted octanol–water partition coefficient (Wildman–Crippen LogP) is 5.61. The lowest BCUT2D eigenvalue weighted by Crippen LogP contribution is -2.29. The third kappa shape index (κ3) is 4.94. The molecule has 2 aliphatic rings. The van der Waals surface area contributed by atoms with E-state index in [2.05, 4.69) is 4.98 Å². The lowest BCUT2D eigenvalue weighted by molar-refractivity contribution is -0.140. The maximum absolute atomic E-state index is 13.4. The quantitative estimate of drug-likeness (QED) is 0.189.